The summed E-state index contributed by atoms with van der Waals surface area (Å²) in [6.45, 7) is 1.83. The Kier molecular flexibility index (Phi) is 0.874. The first-order valence-electron chi connectivity index (χ1n) is 1.53. The van der Waals surface area contributed by atoms with E-state index in [4.69, 9.17) is 0 Å². The highest BCUT2D eigenvalue weighted by Gasteiger charge is 1.97. The lowest BCUT2D eigenvalue weighted by Gasteiger charge is -1.78. The molecule has 4 heteroatoms. The zero-order chi connectivity index (χ0) is 4.41. The summed E-state index contributed by atoms with van der Waals surface area (Å²) in [5.74, 6) is 0.819. The predicted molar refractivity (Wildman–Crippen MR) is 27.0 cm³/mol. The maximum Gasteiger partial charge on any atom is 0.208 e. The maximum atomic E-state index is 4.45. The van der Waals surface area contributed by atoms with E-state index in [1.54, 1.807) is 0 Å². The van der Waals surface area contributed by atoms with Gasteiger partial charge in [-0.15, -0.1) is 0 Å². The van der Waals surface area contributed by atoms with Gasteiger partial charge >= 0.3 is 0 Å². The summed E-state index contributed by atoms with van der Waals surface area (Å²) >= 11 is 1.13. The lowest BCUT2D eigenvalue weighted by atomic mass is 10.7. The van der Waals surface area contributed by atoms with E-state index in [0.717, 1.165) is 18.1 Å². The van der Waals surface area contributed by atoms with Gasteiger partial charge in [-0.25, -0.2) is 0 Å². The second-order valence-corrected chi connectivity index (χ2v) is 1.46. The zero-order valence-electron chi connectivity index (χ0n) is 3.26. The van der Waals surface area contributed by atoms with E-state index in [9.17, 15) is 0 Å². The highest BCUT2D eigenvalue weighted by Crippen LogP contribution is 2.03. The first-order chi connectivity index (χ1) is 2.89. The number of rotatable bonds is 0. The van der Waals surface area contributed by atoms with Crippen molar-refractivity contribution in [2.24, 2.45) is 5.16 Å². The minimum Gasteiger partial charge on any atom is -0.298 e. The molecule has 0 spiro atoms. The maximum absolute atomic E-state index is 4.45. The Bertz CT molecular complexity index is 85.8. The average molecular weight is 106 g/mol. The second kappa shape index (κ2) is 1.38. The molecule has 1 rings (SSSR count). The Hall–Kier alpha value is -0.380. The minimum atomic E-state index is 0. The van der Waals surface area contributed by atoms with Crippen LogP contribution in [0.25, 0.3) is 0 Å². The van der Waals surface area contributed by atoms with E-state index < -0.39 is 0 Å². The molecule has 0 aliphatic carbocycles. The predicted octanol–water partition coefficient (Wildman–Crippen LogP) is 0.749. The summed E-state index contributed by atoms with van der Waals surface area (Å²) in [5.41, 5.74) is 0. The van der Waals surface area contributed by atoms with Gasteiger partial charge in [0.1, 0.15) is 0 Å². The summed E-state index contributed by atoms with van der Waals surface area (Å²) < 4.78 is 7.21. The lowest BCUT2D eigenvalue weighted by Crippen LogP contribution is -2.03. The van der Waals surface area contributed by atoms with Crippen molar-refractivity contribution in [3.8, 4) is 0 Å². The molecule has 0 aromatic rings. The molecule has 0 aromatic heterocycles. The number of oxime groups is 1. The highest BCUT2D eigenvalue weighted by molar-refractivity contribution is 7.93. The van der Waals surface area contributed by atoms with Crippen molar-refractivity contribution in [2.45, 2.75) is 6.92 Å². The third kappa shape index (κ3) is 0.567. The Morgan fingerprint density at radius 2 is 3.00 bits per heavy atom. The van der Waals surface area contributed by atoms with Crippen molar-refractivity contribution < 1.29 is 5.71 Å². The van der Waals surface area contributed by atoms with Gasteiger partial charge in [-0.05, 0) is 6.92 Å². The molecule has 0 amide bonds. The monoisotopic (exact) mass is 106 g/mol. The molecule has 0 bridgehead atoms. The molecule has 0 unspecified atom stereocenters. The van der Waals surface area contributed by atoms with E-state index >= 15 is 0 Å². The molecular weight excluding hydrogens is 100 g/mol. The Morgan fingerprint density at radius 1 is 2.17 bits per heavy atom. The molecule has 0 atom stereocenters. The van der Waals surface area contributed by atoms with Crippen LogP contribution in [0.2, 0.25) is 0 Å². The SMILES string of the molecule is CC1=NOSN1.[HH]. The molecule has 0 radical (unpaired) electrons. The van der Waals surface area contributed by atoms with Crippen molar-refractivity contribution >= 4 is 18.1 Å². The Labute approximate surface area is 41.6 Å². The fourth-order valence-corrected chi connectivity index (χ4v) is 0.516. The summed E-state index contributed by atoms with van der Waals surface area (Å²) in [6.07, 6.45) is 0. The first kappa shape index (κ1) is 3.80. The average Bonchev–Trinajstić information content (AvgIpc) is 1.86. The molecule has 1 heterocycles. The van der Waals surface area contributed by atoms with Crippen LogP contribution in [-0.2, 0) is 4.28 Å². The fourth-order valence-electron chi connectivity index (χ4n) is 0.172. The van der Waals surface area contributed by atoms with E-state index in [-0.39, 0.29) is 1.43 Å². The van der Waals surface area contributed by atoms with E-state index in [0.29, 0.717) is 0 Å². The second-order valence-electron chi connectivity index (χ2n) is 0.937. The molecule has 6 heavy (non-hydrogen) atoms. The molecule has 36 valence electrons. The van der Waals surface area contributed by atoms with Gasteiger partial charge in [0.25, 0.3) is 0 Å². The van der Waals surface area contributed by atoms with E-state index in [1.807, 2.05) is 6.92 Å². The molecule has 0 saturated carbocycles. The van der Waals surface area contributed by atoms with Gasteiger partial charge in [0, 0.05) is 1.43 Å². The standard InChI is InChI=1S/C2H4N2OS.H2/c1-2-3-5-6-4-2;/h1H3,(H,3,4);1H. The molecule has 1 aliphatic rings. The van der Waals surface area contributed by atoms with Gasteiger partial charge < -0.3 is 0 Å². The van der Waals surface area contributed by atoms with Crippen LogP contribution < -0.4 is 4.72 Å². The molecular formula is C2H6N2OS. The molecule has 1 aliphatic heterocycles. The van der Waals surface area contributed by atoms with Crippen LogP contribution in [0.5, 0.6) is 0 Å². The third-order valence-electron chi connectivity index (χ3n) is 0.401. The highest BCUT2D eigenvalue weighted by atomic mass is 32.2. The smallest absolute Gasteiger partial charge is 0.208 e. The minimum absolute atomic E-state index is 0. The molecule has 0 fully saturated rings. The topological polar surface area (TPSA) is 33.6 Å². The lowest BCUT2D eigenvalue weighted by molar-refractivity contribution is 0.415. The van der Waals surface area contributed by atoms with Crippen molar-refractivity contribution in [3.63, 3.8) is 0 Å². The molecule has 0 saturated heterocycles. The number of hydrogen-bond acceptors (Lipinski definition) is 4. The van der Waals surface area contributed by atoms with Crippen LogP contribution in [0.15, 0.2) is 5.16 Å². The fraction of sp³-hybridized carbons (Fsp3) is 0.500. The quantitative estimate of drug-likeness (QED) is 0.365. The summed E-state index contributed by atoms with van der Waals surface area (Å²) in [6, 6.07) is 0. The first-order valence-corrected chi connectivity index (χ1v) is 2.27. The Balaban J connectivity index is 0.000000360. The van der Waals surface area contributed by atoms with Gasteiger partial charge in [-0.2, -0.15) is 0 Å². The normalized spacial score (nSPS) is 18.5. The summed E-state index contributed by atoms with van der Waals surface area (Å²) in [7, 11) is 0. The molecule has 1 N–H and O–H groups in total. The Morgan fingerprint density at radius 3 is 3.17 bits per heavy atom. The largest absolute Gasteiger partial charge is 0.298 e. The summed E-state index contributed by atoms with van der Waals surface area (Å²) in [4.78, 5) is 0. The van der Waals surface area contributed by atoms with Crippen molar-refractivity contribution in [3.05, 3.63) is 0 Å². The summed E-state index contributed by atoms with van der Waals surface area (Å²) in [5, 5.41) is 3.50. The third-order valence-corrected chi connectivity index (χ3v) is 0.929. The van der Waals surface area contributed by atoms with Crippen LogP contribution in [0.4, 0.5) is 0 Å². The van der Waals surface area contributed by atoms with Crippen molar-refractivity contribution in [1.82, 2.24) is 4.72 Å². The van der Waals surface area contributed by atoms with Crippen molar-refractivity contribution in [1.29, 1.82) is 0 Å². The van der Waals surface area contributed by atoms with Gasteiger partial charge in [-0.3, -0.25) is 9.01 Å². The molecule has 3 nitrogen and oxygen atoms in total. The van der Waals surface area contributed by atoms with E-state index in [1.165, 1.54) is 0 Å². The van der Waals surface area contributed by atoms with Gasteiger partial charge in [0.15, 0.2) is 5.84 Å². The zero-order valence-corrected chi connectivity index (χ0v) is 4.08. The van der Waals surface area contributed by atoms with Gasteiger partial charge in [0.2, 0.25) is 12.2 Å². The number of amidine groups is 1. The number of nitrogens with zero attached hydrogens (tertiary/aromatic N) is 1. The van der Waals surface area contributed by atoms with Crippen LogP contribution in [0.1, 0.15) is 8.35 Å². The number of hydrogen-bond donors (Lipinski definition) is 1. The molecule has 0 aromatic carbocycles. The van der Waals surface area contributed by atoms with Crippen molar-refractivity contribution in [2.75, 3.05) is 0 Å². The van der Waals surface area contributed by atoms with Crippen LogP contribution in [-0.4, -0.2) is 5.84 Å². The van der Waals surface area contributed by atoms with Crippen LogP contribution in [0, 0.1) is 0 Å². The number of nitrogens with one attached hydrogen (secondary N) is 1. The van der Waals surface area contributed by atoms with Crippen LogP contribution in [0.3, 0.4) is 0 Å². The van der Waals surface area contributed by atoms with Gasteiger partial charge in [0.05, 0.1) is 0 Å². The van der Waals surface area contributed by atoms with Crippen LogP contribution >= 0.6 is 12.2 Å². The van der Waals surface area contributed by atoms with Gasteiger partial charge in [-0.1, -0.05) is 5.16 Å². The van der Waals surface area contributed by atoms with E-state index in [2.05, 4.69) is 14.2 Å².